The molecule has 2 aromatic rings. The fourth-order valence-corrected chi connectivity index (χ4v) is 3.87. The van der Waals surface area contributed by atoms with Gasteiger partial charge in [-0.2, -0.15) is 26.3 Å². The van der Waals surface area contributed by atoms with Crippen LogP contribution in [-0.4, -0.2) is 18.4 Å². The summed E-state index contributed by atoms with van der Waals surface area (Å²) >= 11 is 0. The summed E-state index contributed by atoms with van der Waals surface area (Å²) in [6.07, 6.45) is -10.1. The fraction of sp³-hybridized carbons (Fsp3) is 0.364. The van der Waals surface area contributed by atoms with Crippen molar-refractivity contribution in [1.82, 2.24) is 0 Å². The molecule has 2 unspecified atom stereocenters. The first kappa shape index (κ1) is 23.6. The van der Waals surface area contributed by atoms with Crippen LogP contribution in [0.15, 0.2) is 36.4 Å². The van der Waals surface area contributed by atoms with Crippen molar-refractivity contribution in [2.75, 3.05) is 16.8 Å². The lowest BCUT2D eigenvalue weighted by molar-refractivity contribution is -0.143. The summed E-state index contributed by atoms with van der Waals surface area (Å²) in [6.45, 7) is 5.07. The predicted octanol–water partition coefficient (Wildman–Crippen LogP) is 5.58. The lowest BCUT2D eigenvalue weighted by Gasteiger charge is -2.21. The molecular weight excluding hydrogens is 438 g/mol. The molecule has 2 atom stereocenters. The molecule has 1 aliphatic rings. The summed E-state index contributed by atoms with van der Waals surface area (Å²) in [5.74, 6) is -2.93. The molecule has 0 saturated carbocycles. The first-order valence-electron chi connectivity index (χ1n) is 9.68. The van der Waals surface area contributed by atoms with Gasteiger partial charge in [-0.3, -0.25) is 9.59 Å². The Hall–Kier alpha value is -3.04. The van der Waals surface area contributed by atoms with Crippen LogP contribution in [0.1, 0.15) is 29.2 Å². The van der Waals surface area contributed by atoms with Gasteiger partial charge in [-0.25, -0.2) is 0 Å². The van der Waals surface area contributed by atoms with Crippen LogP contribution in [0.2, 0.25) is 0 Å². The molecule has 1 saturated heterocycles. The summed E-state index contributed by atoms with van der Waals surface area (Å²) in [5.41, 5.74) is -1.45. The standard InChI is InChI=1S/C22H20F6N2O2/c1-11-5-4-6-12(2)18(11)30-10-17(13(3)20(30)32)19(31)29-16-8-14(21(23,24)25)7-15(9-16)22(26,27)28/h4-9,13,17H,10H2,1-3H3,(H,29,31). The summed E-state index contributed by atoms with van der Waals surface area (Å²) in [7, 11) is 0. The van der Waals surface area contributed by atoms with E-state index in [-0.39, 0.29) is 18.5 Å². The average Bonchev–Trinajstić information content (AvgIpc) is 2.95. The molecule has 1 aliphatic heterocycles. The third-order valence-electron chi connectivity index (χ3n) is 5.54. The van der Waals surface area contributed by atoms with Gasteiger partial charge in [0.25, 0.3) is 0 Å². The highest BCUT2D eigenvalue weighted by Gasteiger charge is 2.43. The second-order valence-corrected chi connectivity index (χ2v) is 7.87. The lowest BCUT2D eigenvalue weighted by Crippen LogP contribution is -2.29. The number of aryl methyl sites for hydroxylation is 2. The van der Waals surface area contributed by atoms with Gasteiger partial charge in [-0.1, -0.05) is 25.1 Å². The van der Waals surface area contributed by atoms with Crippen molar-refractivity contribution in [3.63, 3.8) is 0 Å². The molecule has 32 heavy (non-hydrogen) atoms. The molecule has 10 heteroatoms. The number of carbonyl (C=O) groups excluding carboxylic acids is 2. The number of rotatable bonds is 3. The largest absolute Gasteiger partial charge is 0.416 e. The minimum Gasteiger partial charge on any atom is -0.326 e. The quantitative estimate of drug-likeness (QED) is 0.611. The number of hydrogen-bond acceptors (Lipinski definition) is 2. The number of para-hydroxylation sites is 1. The zero-order chi connectivity index (χ0) is 24.0. The van der Waals surface area contributed by atoms with E-state index >= 15 is 0 Å². The molecule has 1 heterocycles. The van der Waals surface area contributed by atoms with Crippen molar-refractivity contribution < 1.29 is 35.9 Å². The Morgan fingerprint density at radius 1 is 0.969 bits per heavy atom. The smallest absolute Gasteiger partial charge is 0.326 e. The van der Waals surface area contributed by atoms with Gasteiger partial charge in [0.05, 0.1) is 17.0 Å². The minimum absolute atomic E-state index is 0.0138. The van der Waals surface area contributed by atoms with E-state index in [0.29, 0.717) is 17.8 Å². The maximum Gasteiger partial charge on any atom is 0.416 e. The molecule has 4 nitrogen and oxygen atoms in total. The van der Waals surface area contributed by atoms with Gasteiger partial charge in [0.15, 0.2) is 0 Å². The highest BCUT2D eigenvalue weighted by Crippen LogP contribution is 2.38. The third-order valence-corrected chi connectivity index (χ3v) is 5.54. The average molecular weight is 458 g/mol. The summed E-state index contributed by atoms with van der Waals surface area (Å²) < 4.78 is 78.4. The first-order valence-corrected chi connectivity index (χ1v) is 9.68. The van der Waals surface area contributed by atoms with Crippen molar-refractivity contribution in [2.45, 2.75) is 33.1 Å². The minimum atomic E-state index is -5.03. The van der Waals surface area contributed by atoms with Crippen molar-refractivity contribution in [3.8, 4) is 0 Å². The van der Waals surface area contributed by atoms with Crippen LogP contribution in [-0.2, 0) is 21.9 Å². The van der Waals surface area contributed by atoms with Crippen LogP contribution in [0.3, 0.4) is 0 Å². The number of alkyl halides is 6. The van der Waals surface area contributed by atoms with Gasteiger partial charge in [0.1, 0.15) is 0 Å². The number of amides is 2. The predicted molar refractivity (Wildman–Crippen MR) is 106 cm³/mol. The van der Waals surface area contributed by atoms with Gasteiger partial charge < -0.3 is 10.2 Å². The molecule has 3 rings (SSSR count). The van der Waals surface area contributed by atoms with Gasteiger partial charge in [-0.15, -0.1) is 0 Å². The Kier molecular flexibility index (Phi) is 6.01. The van der Waals surface area contributed by atoms with Gasteiger partial charge in [-0.05, 0) is 43.2 Å². The second kappa shape index (κ2) is 8.14. The van der Waals surface area contributed by atoms with E-state index in [2.05, 4.69) is 5.32 Å². The van der Waals surface area contributed by atoms with Crippen LogP contribution >= 0.6 is 0 Å². The molecule has 0 spiro atoms. The summed E-state index contributed by atoms with van der Waals surface area (Å²) in [5, 5.41) is 2.14. The number of halogens is 6. The highest BCUT2D eigenvalue weighted by molar-refractivity contribution is 6.05. The fourth-order valence-electron chi connectivity index (χ4n) is 3.87. The number of anilines is 2. The van der Waals surface area contributed by atoms with Crippen LogP contribution in [0.4, 0.5) is 37.7 Å². The van der Waals surface area contributed by atoms with E-state index in [1.54, 1.807) is 26.0 Å². The number of hydrogen-bond donors (Lipinski definition) is 1. The number of carbonyl (C=O) groups is 2. The summed E-state index contributed by atoms with van der Waals surface area (Å²) in [4.78, 5) is 27.0. The monoisotopic (exact) mass is 458 g/mol. The SMILES string of the molecule is Cc1cccc(C)c1N1CC(C(=O)Nc2cc(C(F)(F)F)cc(C(F)(F)F)c2)C(C)C1=O. The van der Waals surface area contributed by atoms with Crippen molar-refractivity contribution in [2.24, 2.45) is 11.8 Å². The van der Waals surface area contributed by atoms with Gasteiger partial charge in [0.2, 0.25) is 11.8 Å². The van der Waals surface area contributed by atoms with E-state index in [9.17, 15) is 35.9 Å². The van der Waals surface area contributed by atoms with E-state index < -0.39 is 46.9 Å². The number of benzene rings is 2. The topological polar surface area (TPSA) is 49.4 Å². The van der Waals surface area contributed by atoms with Crippen molar-refractivity contribution >= 4 is 23.2 Å². The lowest BCUT2D eigenvalue weighted by atomic mass is 9.96. The molecule has 172 valence electrons. The molecule has 0 aromatic heterocycles. The van der Waals surface area contributed by atoms with Crippen molar-refractivity contribution in [3.05, 3.63) is 58.7 Å². The van der Waals surface area contributed by atoms with Crippen LogP contribution in [0, 0.1) is 25.7 Å². The Morgan fingerprint density at radius 2 is 1.47 bits per heavy atom. The Labute approximate surface area is 180 Å². The zero-order valence-corrected chi connectivity index (χ0v) is 17.4. The molecule has 1 fully saturated rings. The zero-order valence-electron chi connectivity index (χ0n) is 17.4. The van der Waals surface area contributed by atoms with Gasteiger partial charge in [0, 0.05) is 23.8 Å². The van der Waals surface area contributed by atoms with Crippen molar-refractivity contribution in [1.29, 1.82) is 0 Å². The van der Waals surface area contributed by atoms with Crippen LogP contribution in [0.25, 0.3) is 0 Å². The Balaban J connectivity index is 1.90. The second-order valence-electron chi connectivity index (χ2n) is 7.87. The van der Waals surface area contributed by atoms with E-state index in [1.807, 2.05) is 6.07 Å². The number of nitrogens with zero attached hydrogens (tertiary/aromatic N) is 1. The molecule has 2 amide bonds. The molecule has 2 aromatic carbocycles. The number of nitrogens with one attached hydrogen (secondary N) is 1. The Morgan fingerprint density at radius 3 is 1.94 bits per heavy atom. The molecule has 0 bridgehead atoms. The Bertz CT molecular complexity index is 1010. The van der Waals surface area contributed by atoms with Gasteiger partial charge >= 0.3 is 12.4 Å². The highest BCUT2D eigenvalue weighted by atomic mass is 19.4. The van der Waals surface area contributed by atoms with E-state index in [0.717, 1.165) is 11.1 Å². The maximum atomic E-state index is 13.1. The molecule has 0 aliphatic carbocycles. The van der Waals surface area contributed by atoms with Crippen LogP contribution < -0.4 is 10.2 Å². The molecule has 1 N–H and O–H groups in total. The molecule has 0 radical (unpaired) electrons. The maximum absolute atomic E-state index is 13.1. The summed E-state index contributed by atoms with van der Waals surface area (Å²) in [6, 6.07) is 6.29. The normalized spacial score (nSPS) is 19.4. The first-order chi connectivity index (χ1) is 14.7. The molecular formula is C22H20F6N2O2. The van der Waals surface area contributed by atoms with Crippen LogP contribution in [0.5, 0.6) is 0 Å². The van der Waals surface area contributed by atoms with E-state index in [4.69, 9.17) is 0 Å². The third kappa shape index (κ3) is 4.58. The van der Waals surface area contributed by atoms with E-state index in [1.165, 1.54) is 11.8 Å².